The Morgan fingerprint density at radius 2 is 1.12 bits per heavy atom. The normalized spacial score (nSPS) is 12.2. The lowest BCUT2D eigenvalue weighted by Crippen LogP contribution is -2.03. The Kier molecular flexibility index (Phi) is 4.45. The minimum Gasteiger partial charge on any atom is -0.278 e. The van der Waals surface area contributed by atoms with Gasteiger partial charge in [-0.1, -0.05) is 115 Å². The zero-order valence-corrected chi connectivity index (χ0v) is 23.1. The van der Waals surface area contributed by atoms with Gasteiger partial charge in [0.15, 0.2) is 0 Å². The summed E-state index contributed by atoms with van der Waals surface area (Å²) in [4.78, 5) is 10.5. The monoisotopic (exact) mass is 545 g/mol. The van der Waals surface area contributed by atoms with E-state index in [1.807, 2.05) is 6.07 Å². The summed E-state index contributed by atoms with van der Waals surface area (Å²) in [5.41, 5.74) is 10.2. The Labute approximate surface area is 247 Å². The Hall–Kier alpha value is -5.80. The maximum absolute atomic E-state index is 5.31. The second-order valence-corrected chi connectivity index (χ2v) is 11.4. The van der Waals surface area contributed by atoms with Gasteiger partial charge in [-0.25, -0.2) is 9.97 Å². The van der Waals surface area contributed by atoms with E-state index in [0.29, 0.717) is 5.95 Å². The number of hydrogen-bond acceptors (Lipinski definition) is 2. The summed E-state index contributed by atoms with van der Waals surface area (Å²) in [6.45, 7) is 0. The van der Waals surface area contributed by atoms with E-state index < -0.39 is 0 Å². The van der Waals surface area contributed by atoms with E-state index in [9.17, 15) is 0 Å². The van der Waals surface area contributed by atoms with Gasteiger partial charge >= 0.3 is 0 Å². The molecular weight excluding hydrogens is 522 g/mol. The van der Waals surface area contributed by atoms with E-state index in [1.54, 1.807) is 0 Å². The highest BCUT2D eigenvalue weighted by molar-refractivity contribution is 6.33. The highest BCUT2D eigenvalue weighted by Crippen LogP contribution is 2.50. The van der Waals surface area contributed by atoms with Crippen molar-refractivity contribution in [1.29, 1.82) is 0 Å². The summed E-state index contributed by atoms with van der Waals surface area (Å²) < 4.78 is 2.28. The van der Waals surface area contributed by atoms with E-state index in [-0.39, 0.29) is 0 Å². The molecule has 0 bridgehead atoms. The minimum absolute atomic E-state index is 0.685. The maximum Gasteiger partial charge on any atom is 0.235 e. The van der Waals surface area contributed by atoms with Gasteiger partial charge in [0.2, 0.25) is 5.95 Å². The molecule has 0 radical (unpaired) electrons. The lowest BCUT2D eigenvalue weighted by atomic mass is 9.90. The molecule has 0 spiro atoms. The fourth-order valence-electron chi connectivity index (χ4n) is 7.34. The van der Waals surface area contributed by atoms with Crippen LogP contribution in [0.15, 0.2) is 140 Å². The Morgan fingerprint density at radius 1 is 0.419 bits per heavy atom. The Morgan fingerprint density at radius 3 is 2.00 bits per heavy atom. The van der Waals surface area contributed by atoms with E-state index in [4.69, 9.17) is 9.97 Å². The molecule has 198 valence electrons. The standard InChI is InChI=1S/C40H23N3/c1-2-11-24(12-3-1)39-31-17-8-9-19-33(31)41-40(42-39)43-34-20-10-18-29-27-15-6-7-16-28(27)32-23-25-13-4-5-14-26(25)30-21-22-35(43)38(36(30)32)37(29)34/h1-23H. The van der Waals surface area contributed by atoms with Crippen LogP contribution in [0.4, 0.5) is 0 Å². The van der Waals surface area contributed by atoms with Gasteiger partial charge in [-0.2, -0.15) is 0 Å². The molecule has 0 atom stereocenters. The highest BCUT2D eigenvalue weighted by atomic mass is 15.2. The quantitative estimate of drug-likeness (QED) is 0.202. The molecule has 10 rings (SSSR count). The molecule has 1 aliphatic rings. The predicted octanol–water partition coefficient (Wildman–Crippen LogP) is 10.3. The van der Waals surface area contributed by atoms with Crippen molar-refractivity contribution in [2.45, 2.75) is 0 Å². The topological polar surface area (TPSA) is 30.7 Å². The first-order valence-electron chi connectivity index (χ1n) is 14.7. The maximum atomic E-state index is 5.31. The van der Waals surface area contributed by atoms with Gasteiger partial charge in [-0.3, -0.25) is 4.57 Å². The molecule has 0 N–H and O–H groups in total. The van der Waals surface area contributed by atoms with Crippen LogP contribution in [0.3, 0.4) is 0 Å². The number of fused-ring (bicyclic) bond motifs is 6. The van der Waals surface area contributed by atoms with Gasteiger partial charge in [0.1, 0.15) is 0 Å². The van der Waals surface area contributed by atoms with Gasteiger partial charge < -0.3 is 0 Å². The molecule has 0 unspecified atom stereocenters. The van der Waals surface area contributed by atoms with Gasteiger partial charge in [-0.05, 0) is 62.7 Å². The van der Waals surface area contributed by atoms with Crippen LogP contribution in [-0.4, -0.2) is 14.5 Å². The molecule has 3 nitrogen and oxygen atoms in total. The number of aromatic nitrogens is 3. The van der Waals surface area contributed by atoms with Gasteiger partial charge in [0.25, 0.3) is 0 Å². The van der Waals surface area contributed by atoms with Crippen LogP contribution >= 0.6 is 0 Å². The summed E-state index contributed by atoms with van der Waals surface area (Å²) in [6.07, 6.45) is 0. The molecule has 7 aromatic carbocycles. The van der Waals surface area contributed by atoms with E-state index in [1.165, 1.54) is 54.6 Å². The molecule has 0 saturated carbocycles. The summed E-state index contributed by atoms with van der Waals surface area (Å²) in [5, 5.41) is 8.66. The van der Waals surface area contributed by atoms with Crippen LogP contribution in [0.5, 0.6) is 0 Å². The average molecular weight is 546 g/mol. The molecule has 2 aromatic heterocycles. The zero-order chi connectivity index (χ0) is 28.1. The molecule has 1 aliphatic carbocycles. The van der Waals surface area contributed by atoms with Crippen LogP contribution in [0.25, 0.3) is 93.7 Å². The summed E-state index contributed by atoms with van der Waals surface area (Å²) in [5.74, 6) is 0.685. The van der Waals surface area contributed by atoms with Crippen molar-refractivity contribution >= 4 is 54.3 Å². The first-order chi connectivity index (χ1) is 21.3. The molecule has 0 aliphatic heterocycles. The molecular formula is C40H23N3. The molecule has 0 amide bonds. The summed E-state index contributed by atoms with van der Waals surface area (Å²) in [7, 11) is 0. The van der Waals surface area contributed by atoms with E-state index in [2.05, 4.69) is 138 Å². The van der Waals surface area contributed by atoms with E-state index in [0.717, 1.165) is 33.2 Å². The lowest BCUT2D eigenvalue weighted by Gasteiger charge is -2.15. The first kappa shape index (κ1) is 22.8. The van der Waals surface area contributed by atoms with Crippen LogP contribution in [0.1, 0.15) is 0 Å². The van der Waals surface area contributed by atoms with Crippen molar-refractivity contribution in [2.75, 3.05) is 0 Å². The van der Waals surface area contributed by atoms with Crippen LogP contribution in [0, 0.1) is 0 Å². The van der Waals surface area contributed by atoms with Crippen LogP contribution in [-0.2, 0) is 0 Å². The van der Waals surface area contributed by atoms with Crippen molar-refractivity contribution in [3.63, 3.8) is 0 Å². The Balaban J connectivity index is 1.43. The number of rotatable bonds is 2. The van der Waals surface area contributed by atoms with Crippen molar-refractivity contribution in [2.24, 2.45) is 0 Å². The number of benzene rings is 7. The van der Waals surface area contributed by atoms with Gasteiger partial charge in [-0.15, -0.1) is 0 Å². The van der Waals surface area contributed by atoms with Gasteiger partial charge in [0, 0.05) is 27.1 Å². The van der Waals surface area contributed by atoms with Crippen molar-refractivity contribution < 1.29 is 0 Å². The fraction of sp³-hybridized carbons (Fsp3) is 0. The molecule has 43 heavy (non-hydrogen) atoms. The fourth-order valence-corrected chi connectivity index (χ4v) is 7.34. The molecule has 0 fully saturated rings. The van der Waals surface area contributed by atoms with Crippen molar-refractivity contribution in [3.05, 3.63) is 140 Å². The predicted molar refractivity (Wildman–Crippen MR) is 179 cm³/mol. The summed E-state index contributed by atoms with van der Waals surface area (Å²) >= 11 is 0. The number of para-hydroxylation sites is 1. The largest absolute Gasteiger partial charge is 0.278 e. The SMILES string of the molecule is c1ccc(-c2nc(-n3c4cccc5c4c4c6c(cc7ccccc7c6ccc43)-c3ccccc3-5)nc3ccccc23)cc1. The molecule has 0 saturated heterocycles. The van der Waals surface area contributed by atoms with Crippen LogP contribution < -0.4 is 0 Å². The Bertz CT molecular complexity index is 2610. The molecule has 9 aromatic rings. The zero-order valence-electron chi connectivity index (χ0n) is 23.1. The van der Waals surface area contributed by atoms with Crippen LogP contribution in [0.2, 0.25) is 0 Å². The number of hydrogen-bond donors (Lipinski definition) is 0. The molecule has 2 heterocycles. The average Bonchev–Trinajstić information content (AvgIpc) is 3.36. The third-order valence-electron chi connectivity index (χ3n) is 9.12. The summed E-state index contributed by atoms with van der Waals surface area (Å²) in [6, 6.07) is 50.0. The number of nitrogens with zero attached hydrogens (tertiary/aromatic N) is 3. The smallest absolute Gasteiger partial charge is 0.235 e. The second-order valence-electron chi connectivity index (χ2n) is 11.4. The van der Waals surface area contributed by atoms with Crippen molar-refractivity contribution in [3.8, 4) is 39.5 Å². The third-order valence-corrected chi connectivity index (χ3v) is 9.12. The molecule has 3 heteroatoms. The highest BCUT2D eigenvalue weighted by Gasteiger charge is 2.26. The van der Waals surface area contributed by atoms with Gasteiger partial charge in [0.05, 0.1) is 22.2 Å². The second kappa shape index (κ2) is 8.37. The van der Waals surface area contributed by atoms with E-state index >= 15 is 0 Å². The first-order valence-corrected chi connectivity index (χ1v) is 14.7. The van der Waals surface area contributed by atoms with Crippen molar-refractivity contribution in [1.82, 2.24) is 14.5 Å². The minimum atomic E-state index is 0.685. The lowest BCUT2D eigenvalue weighted by molar-refractivity contribution is 1.01. The third kappa shape index (κ3) is 3.03.